The molecule has 2 aromatic heterocycles. The number of nitrogens with two attached hydrogens (primary N) is 1. The molecule has 0 aliphatic rings. The van der Waals surface area contributed by atoms with Gasteiger partial charge in [-0.25, -0.2) is 10.1 Å². The Hall–Kier alpha value is -3.48. The molecule has 1 aromatic carbocycles. The van der Waals surface area contributed by atoms with Crippen LogP contribution in [0.2, 0.25) is 0 Å². The summed E-state index contributed by atoms with van der Waals surface area (Å²) in [5, 5.41) is 29.0. The summed E-state index contributed by atoms with van der Waals surface area (Å²) in [6, 6.07) is 3.23. The van der Waals surface area contributed by atoms with E-state index in [-0.39, 0.29) is 23.1 Å². The number of phenolic OH excluding ortho intramolecular Hbond substituents is 1. The summed E-state index contributed by atoms with van der Waals surface area (Å²) < 4.78 is 11.7. The molecule has 0 radical (unpaired) electrons. The van der Waals surface area contributed by atoms with Crippen molar-refractivity contribution in [1.29, 1.82) is 0 Å². The van der Waals surface area contributed by atoms with E-state index in [2.05, 4.69) is 51.7 Å². The number of hydrogen-bond donors (Lipinski definition) is 3. The normalized spacial score (nSPS) is 11.2. The average molecular weight is 479 g/mol. The molecule has 0 spiro atoms. The third-order valence-electron chi connectivity index (χ3n) is 3.89. The molecule has 158 valence electrons. The molecule has 0 aliphatic heterocycles. The number of phenols is 1. The Morgan fingerprint density at radius 3 is 2.90 bits per heavy atom. The van der Waals surface area contributed by atoms with Crippen LogP contribution in [0, 0.1) is 0 Å². The number of ether oxygens (including phenoxy) is 1. The standard InChI is InChI=1S/C17H19BrN8O4/c1-3-5-11-13(21-25-26(11)16-15(19)23-30-24-16)17(28)22-20-8-9-6-10(18)14(27)12(7-9)29-4-2/h6-8,27H,3-5H2,1-2H3,(H2,19,23)(H,22,28). The zero-order valence-electron chi connectivity index (χ0n) is 16.2. The molecule has 12 nitrogen and oxygen atoms in total. The molecule has 3 aromatic rings. The number of aromatic hydroxyl groups is 1. The Labute approximate surface area is 179 Å². The molecule has 3 rings (SSSR count). The minimum atomic E-state index is -0.557. The second-order valence-electron chi connectivity index (χ2n) is 6.00. The van der Waals surface area contributed by atoms with E-state index in [1.165, 1.54) is 10.9 Å². The van der Waals surface area contributed by atoms with Crippen LogP contribution in [0.5, 0.6) is 11.5 Å². The van der Waals surface area contributed by atoms with Crippen molar-refractivity contribution in [3.05, 3.63) is 33.6 Å². The number of rotatable bonds is 8. The third kappa shape index (κ3) is 4.40. The number of nitrogens with zero attached hydrogens (tertiary/aromatic N) is 6. The van der Waals surface area contributed by atoms with E-state index in [9.17, 15) is 9.90 Å². The molecule has 2 heterocycles. The van der Waals surface area contributed by atoms with E-state index in [0.29, 0.717) is 34.5 Å². The van der Waals surface area contributed by atoms with Gasteiger partial charge >= 0.3 is 0 Å². The highest BCUT2D eigenvalue weighted by Crippen LogP contribution is 2.35. The fourth-order valence-electron chi connectivity index (χ4n) is 2.60. The molecule has 0 bridgehead atoms. The fraction of sp³-hybridized carbons (Fsp3) is 0.294. The maximum atomic E-state index is 12.6. The van der Waals surface area contributed by atoms with Gasteiger partial charge < -0.3 is 15.6 Å². The lowest BCUT2D eigenvalue weighted by Gasteiger charge is -2.08. The van der Waals surface area contributed by atoms with Gasteiger partial charge in [0.05, 0.1) is 23.0 Å². The number of carbonyl (C=O) groups excluding carboxylic acids is 1. The molecule has 0 saturated heterocycles. The molecule has 30 heavy (non-hydrogen) atoms. The van der Waals surface area contributed by atoms with E-state index >= 15 is 0 Å². The Balaban J connectivity index is 1.80. The first-order valence-electron chi connectivity index (χ1n) is 8.97. The molecular formula is C17H19BrN8O4. The molecule has 0 unspecified atom stereocenters. The Kier molecular flexibility index (Phi) is 6.61. The maximum Gasteiger partial charge on any atom is 0.293 e. The smallest absolute Gasteiger partial charge is 0.293 e. The summed E-state index contributed by atoms with van der Waals surface area (Å²) >= 11 is 3.25. The van der Waals surface area contributed by atoms with Crippen LogP contribution in [0.1, 0.15) is 42.0 Å². The Morgan fingerprint density at radius 1 is 1.43 bits per heavy atom. The van der Waals surface area contributed by atoms with Gasteiger partial charge in [-0.3, -0.25) is 4.79 Å². The van der Waals surface area contributed by atoms with Crippen LogP contribution in [0.3, 0.4) is 0 Å². The lowest BCUT2D eigenvalue weighted by atomic mass is 10.2. The minimum Gasteiger partial charge on any atom is -0.503 e. The monoisotopic (exact) mass is 478 g/mol. The molecule has 0 fully saturated rings. The van der Waals surface area contributed by atoms with Gasteiger partial charge in [-0.05, 0) is 57.3 Å². The number of hydrazone groups is 1. The SMILES string of the molecule is CCCc1c(C(=O)NN=Cc2cc(Br)c(O)c(OCC)c2)nnn1-c1nonc1N. The van der Waals surface area contributed by atoms with Gasteiger partial charge in [0.15, 0.2) is 17.2 Å². The number of carbonyl (C=O) groups is 1. The van der Waals surface area contributed by atoms with Gasteiger partial charge in [0, 0.05) is 0 Å². The highest BCUT2D eigenvalue weighted by atomic mass is 79.9. The van der Waals surface area contributed by atoms with Crippen molar-refractivity contribution < 1.29 is 19.3 Å². The van der Waals surface area contributed by atoms with E-state index in [4.69, 9.17) is 10.5 Å². The first-order valence-corrected chi connectivity index (χ1v) is 9.77. The molecule has 0 aliphatic carbocycles. The van der Waals surface area contributed by atoms with E-state index in [1.807, 2.05) is 6.92 Å². The van der Waals surface area contributed by atoms with Crippen LogP contribution in [0.25, 0.3) is 5.82 Å². The van der Waals surface area contributed by atoms with Crippen LogP contribution in [-0.4, -0.2) is 49.1 Å². The summed E-state index contributed by atoms with van der Waals surface area (Å²) in [6.45, 7) is 4.14. The number of nitrogens with one attached hydrogen (secondary N) is 1. The van der Waals surface area contributed by atoms with Crippen molar-refractivity contribution in [2.75, 3.05) is 12.3 Å². The molecule has 1 amide bonds. The van der Waals surface area contributed by atoms with Crippen molar-refractivity contribution in [2.24, 2.45) is 5.10 Å². The van der Waals surface area contributed by atoms with Crippen molar-refractivity contribution in [1.82, 2.24) is 30.7 Å². The molecule has 4 N–H and O–H groups in total. The lowest BCUT2D eigenvalue weighted by molar-refractivity contribution is 0.0949. The minimum absolute atomic E-state index is 0.0134. The van der Waals surface area contributed by atoms with Crippen LogP contribution in [-0.2, 0) is 6.42 Å². The molecular weight excluding hydrogens is 460 g/mol. The number of benzene rings is 1. The zero-order chi connectivity index (χ0) is 21.7. The van der Waals surface area contributed by atoms with E-state index < -0.39 is 5.91 Å². The number of halogens is 1. The number of anilines is 1. The van der Waals surface area contributed by atoms with Gasteiger partial charge in [-0.1, -0.05) is 18.6 Å². The fourth-order valence-corrected chi connectivity index (χ4v) is 3.06. The molecule has 13 heteroatoms. The van der Waals surface area contributed by atoms with Crippen molar-refractivity contribution >= 4 is 33.9 Å². The van der Waals surface area contributed by atoms with Gasteiger partial charge in [0.1, 0.15) is 0 Å². The average Bonchev–Trinajstić information content (AvgIpc) is 3.32. The van der Waals surface area contributed by atoms with Gasteiger partial charge in [-0.2, -0.15) is 9.78 Å². The largest absolute Gasteiger partial charge is 0.503 e. The Bertz CT molecular complexity index is 1080. The third-order valence-corrected chi connectivity index (χ3v) is 4.50. The van der Waals surface area contributed by atoms with Crippen LogP contribution >= 0.6 is 15.9 Å². The van der Waals surface area contributed by atoms with Crippen LogP contribution in [0.15, 0.2) is 26.3 Å². The van der Waals surface area contributed by atoms with Gasteiger partial charge in [0.2, 0.25) is 11.6 Å². The topological polar surface area (TPSA) is 167 Å². The second kappa shape index (κ2) is 9.35. The molecule has 0 atom stereocenters. The number of hydrogen-bond acceptors (Lipinski definition) is 10. The Morgan fingerprint density at radius 2 is 2.23 bits per heavy atom. The van der Waals surface area contributed by atoms with Crippen molar-refractivity contribution in [3.8, 4) is 17.3 Å². The highest BCUT2D eigenvalue weighted by molar-refractivity contribution is 9.10. The zero-order valence-corrected chi connectivity index (χ0v) is 17.7. The van der Waals surface area contributed by atoms with Crippen LogP contribution < -0.4 is 15.9 Å². The number of aromatic nitrogens is 5. The van der Waals surface area contributed by atoms with Crippen molar-refractivity contribution in [2.45, 2.75) is 26.7 Å². The van der Waals surface area contributed by atoms with Crippen molar-refractivity contribution in [3.63, 3.8) is 0 Å². The maximum absolute atomic E-state index is 12.6. The number of amides is 1. The predicted molar refractivity (Wildman–Crippen MR) is 110 cm³/mol. The van der Waals surface area contributed by atoms with Gasteiger partial charge in [0.25, 0.3) is 5.91 Å². The number of nitrogen functional groups attached to an aromatic ring is 1. The lowest BCUT2D eigenvalue weighted by Crippen LogP contribution is -2.20. The first-order chi connectivity index (χ1) is 14.5. The first kappa shape index (κ1) is 21.2. The van der Waals surface area contributed by atoms with Crippen LogP contribution in [0.4, 0.5) is 5.82 Å². The summed E-state index contributed by atoms with van der Waals surface area (Å²) in [5.74, 6) is -0.0814. The summed E-state index contributed by atoms with van der Waals surface area (Å²) in [4.78, 5) is 12.6. The summed E-state index contributed by atoms with van der Waals surface area (Å²) in [7, 11) is 0. The quantitative estimate of drug-likeness (QED) is 0.323. The highest BCUT2D eigenvalue weighted by Gasteiger charge is 2.23. The van der Waals surface area contributed by atoms with E-state index in [0.717, 1.165) is 6.42 Å². The molecule has 0 saturated carbocycles. The summed E-state index contributed by atoms with van der Waals surface area (Å²) in [5.41, 5.74) is 9.30. The van der Waals surface area contributed by atoms with E-state index in [1.54, 1.807) is 19.1 Å². The summed E-state index contributed by atoms with van der Waals surface area (Å²) in [6.07, 6.45) is 2.63. The second-order valence-corrected chi connectivity index (χ2v) is 6.86. The van der Waals surface area contributed by atoms with Gasteiger partial charge in [-0.15, -0.1) is 5.10 Å². The predicted octanol–water partition coefficient (Wildman–Crippen LogP) is 1.82.